The van der Waals surface area contributed by atoms with E-state index in [0.717, 1.165) is 13.0 Å². The molecule has 2 rings (SSSR count). The van der Waals surface area contributed by atoms with E-state index in [1.54, 1.807) is 0 Å². The van der Waals surface area contributed by atoms with Crippen molar-refractivity contribution >= 4 is 0 Å². The highest BCUT2D eigenvalue weighted by atomic mass is 16.6. The summed E-state index contributed by atoms with van der Waals surface area (Å²) >= 11 is 0. The molecule has 1 N–H and O–H groups in total. The Morgan fingerprint density at radius 3 is 2.23 bits per heavy atom. The Bertz CT molecular complexity index is 217. The monoisotopic (exact) mass is 180 g/mol. The normalized spacial score (nSPS) is 18.8. The number of aliphatic hydroxyl groups is 1. The number of aliphatic hydroxyl groups excluding tert-OH is 1. The maximum Gasteiger partial charge on any atom is 0.104 e. The molecule has 1 heterocycles. The van der Waals surface area contributed by atoms with Crippen molar-refractivity contribution in [2.75, 3.05) is 13.2 Å². The van der Waals surface area contributed by atoms with Gasteiger partial charge in [0.05, 0.1) is 13.2 Å². The zero-order valence-electron chi connectivity index (χ0n) is 7.94. The van der Waals surface area contributed by atoms with Gasteiger partial charge >= 0.3 is 0 Å². The lowest BCUT2D eigenvalue weighted by atomic mass is 10.2. The summed E-state index contributed by atoms with van der Waals surface area (Å²) in [6.45, 7) is 3.12. The Balaban J connectivity index is 0.000000145. The Labute approximate surface area is 79.2 Å². The third kappa shape index (κ3) is 4.65. The van der Waals surface area contributed by atoms with E-state index in [9.17, 15) is 0 Å². The molecule has 1 saturated heterocycles. The number of hydrogen-bond acceptors (Lipinski definition) is 2. The van der Waals surface area contributed by atoms with Gasteiger partial charge in [0.25, 0.3) is 0 Å². The average molecular weight is 180 g/mol. The number of benzene rings is 1. The topological polar surface area (TPSA) is 32.8 Å². The Morgan fingerprint density at radius 2 is 2.00 bits per heavy atom. The quantitative estimate of drug-likeness (QED) is 0.701. The van der Waals surface area contributed by atoms with Crippen molar-refractivity contribution in [2.24, 2.45) is 0 Å². The first-order chi connectivity index (χ1) is 6.36. The van der Waals surface area contributed by atoms with Gasteiger partial charge in [-0.15, -0.1) is 0 Å². The van der Waals surface area contributed by atoms with Gasteiger partial charge in [0.1, 0.15) is 6.10 Å². The third-order valence-corrected chi connectivity index (χ3v) is 1.86. The largest absolute Gasteiger partial charge is 0.394 e. The molecule has 1 aliphatic heterocycles. The molecule has 1 aromatic rings. The Morgan fingerprint density at radius 1 is 1.38 bits per heavy atom. The molecule has 0 aromatic heterocycles. The van der Waals surface area contributed by atoms with Crippen molar-refractivity contribution in [3.8, 4) is 0 Å². The number of hydrogen-bond donors (Lipinski definition) is 1. The van der Waals surface area contributed by atoms with Gasteiger partial charge in [-0.05, 0) is 12.0 Å². The molecule has 0 bridgehead atoms. The van der Waals surface area contributed by atoms with Crippen LogP contribution >= 0.6 is 0 Å². The highest BCUT2D eigenvalue weighted by Gasteiger charge is 2.19. The van der Waals surface area contributed by atoms with Crippen LogP contribution in [0.3, 0.4) is 0 Å². The molecule has 2 heteroatoms. The maximum atomic E-state index is 8.08. The summed E-state index contributed by atoms with van der Waals surface area (Å²) in [6, 6.07) is 10.5. The minimum atomic E-state index is 0.190. The zero-order chi connectivity index (χ0) is 9.52. The van der Waals surface area contributed by atoms with E-state index >= 15 is 0 Å². The molecule has 1 aromatic carbocycles. The molecule has 1 atom stereocenters. The first kappa shape index (κ1) is 10.2. The van der Waals surface area contributed by atoms with E-state index < -0.39 is 0 Å². The fourth-order valence-corrected chi connectivity index (χ4v) is 0.887. The summed E-state index contributed by atoms with van der Waals surface area (Å²) in [5.74, 6) is 0. The van der Waals surface area contributed by atoms with E-state index in [-0.39, 0.29) is 12.7 Å². The van der Waals surface area contributed by atoms with E-state index in [1.807, 2.05) is 6.07 Å². The highest BCUT2D eigenvalue weighted by molar-refractivity contribution is 5.13. The van der Waals surface area contributed by atoms with Gasteiger partial charge in [-0.1, -0.05) is 37.3 Å². The molecule has 1 aliphatic rings. The summed E-state index contributed by atoms with van der Waals surface area (Å²) < 4.78 is 4.61. The Kier molecular flexibility index (Phi) is 4.50. The molecule has 1 fully saturated rings. The van der Waals surface area contributed by atoms with Crippen LogP contribution in [0.15, 0.2) is 30.3 Å². The molecule has 0 aliphatic carbocycles. The molecule has 2 nitrogen and oxygen atoms in total. The molecule has 0 spiro atoms. The van der Waals surface area contributed by atoms with Gasteiger partial charge in [-0.25, -0.2) is 0 Å². The number of aryl methyl sites for hydroxylation is 1. The predicted molar refractivity (Wildman–Crippen MR) is 52.6 cm³/mol. The van der Waals surface area contributed by atoms with Gasteiger partial charge in [-0.2, -0.15) is 0 Å². The van der Waals surface area contributed by atoms with Crippen molar-refractivity contribution in [1.82, 2.24) is 0 Å². The fraction of sp³-hybridized carbons (Fsp3) is 0.455. The molecule has 13 heavy (non-hydrogen) atoms. The fourth-order valence-electron chi connectivity index (χ4n) is 0.887. The second kappa shape index (κ2) is 5.73. The second-order valence-corrected chi connectivity index (χ2v) is 2.98. The lowest BCUT2D eigenvalue weighted by Crippen LogP contribution is -1.88. The first-order valence-electron chi connectivity index (χ1n) is 4.63. The second-order valence-electron chi connectivity index (χ2n) is 2.98. The zero-order valence-corrected chi connectivity index (χ0v) is 7.94. The summed E-state index contributed by atoms with van der Waals surface area (Å²) in [5, 5.41) is 8.08. The van der Waals surface area contributed by atoms with Gasteiger partial charge in [0.2, 0.25) is 0 Å². The van der Waals surface area contributed by atoms with Gasteiger partial charge < -0.3 is 9.84 Å². The van der Waals surface area contributed by atoms with Crippen molar-refractivity contribution in [3.05, 3.63) is 35.9 Å². The van der Waals surface area contributed by atoms with Crippen LogP contribution in [0.2, 0.25) is 0 Å². The average Bonchev–Trinajstić information content (AvgIpc) is 3.03. The summed E-state index contributed by atoms with van der Waals surface area (Å²) in [5.41, 5.74) is 1.41. The van der Waals surface area contributed by atoms with Crippen LogP contribution in [-0.4, -0.2) is 24.4 Å². The van der Waals surface area contributed by atoms with Crippen LogP contribution < -0.4 is 0 Å². The molecular formula is C11H16O2. The Hall–Kier alpha value is -0.860. The molecule has 0 radical (unpaired) electrons. The van der Waals surface area contributed by atoms with Crippen molar-refractivity contribution in [2.45, 2.75) is 19.4 Å². The number of ether oxygens (including phenoxy) is 1. The summed E-state index contributed by atoms with van der Waals surface area (Å²) in [6.07, 6.45) is 1.33. The first-order valence-corrected chi connectivity index (χ1v) is 4.63. The minimum Gasteiger partial charge on any atom is -0.394 e. The van der Waals surface area contributed by atoms with Crippen molar-refractivity contribution < 1.29 is 9.84 Å². The predicted octanol–water partition coefficient (Wildman–Crippen LogP) is 1.63. The summed E-state index contributed by atoms with van der Waals surface area (Å²) in [7, 11) is 0. The highest BCUT2D eigenvalue weighted by Crippen LogP contribution is 2.04. The van der Waals surface area contributed by atoms with E-state index in [0.29, 0.717) is 0 Å². The van der Waals surface area contributed by atoms with Crippen LogP contribution in [0, 0.1) is 0 Å². The van der Waals surface area contributed by atoms with Gasteiger partial charge in [0, 0.05) is 0 Å². The molecule has 1 unspecified atom stereocenters. The number of epoxide rings is 1. The smallest absolute Gasteiger partial charge is 0.104 e. The van der Waals surface area contributed by atoms with E-state index in [4.69, 9.17) is 5.11 Å². The lowest BCUT2D eigenvalue weighted by molar-refractivity contribution is 0.244. The molecular weight excluding hydrogens is 164 g/mol. The van der Waals surface area contributed by atoms with Crippen molar-refractivity contribution in [1.29, 1.82) is 0 Å². The van der Waals surface area contributed by atoms with Crippen molar-refractivity contribution in [3.63, 3.8) is 0 Å². The minimum absolute atomic E-state index is 0.190. The molecule has 72 valence electrons. The van der Waals surface area contributed by atoms with Crippen LogP contribution in [0.1, 0.15) is 12.5 Å². The number of rotatable bonds is 2. The van der Waals surface area contributed by atoms with Crippen LogP contribution in [0.25, 0.3) is 0 Å². The maximum absolute atomic E-state index is 8.08. The standard InChI is InChI=1S/C8H10.C3H6O2/c1-2-8-6-4-3-5-7-8;4-1-3-2-5-3/h3-7H,2H2,1H3;3-4H,1-2H2. The lowest BCUT2D eigenvalue weighted by Gasteiger charge is -1.89. The molecule has 0 saturated carbocycles. The SMILES string of the molecule is CCc1ccccc1.OCC1CO1. The van der Waals surface area contributed by atoms with Crippen LogP contribution in [0.5, 0.6) is 0 Å². The third-order valence-electron chi connectivity index (χ3n) is 1.86. The van der Waals surface area contributed by atoms with E-state index in [2.05, 4.69) is 35.9 Å². The summed E-state index contributed by atoms with van der Waals surface area (Å²) in [4.78, 5) is 0. The van der Waals surface area contributed by atoms with Gasteiger partial charge in [-0.3, -0.25) is 0 Å². The van der Waals surface area contributed by atoms with E-state index in [1.165, 1.54) is 5.56 Å². The van der Waals surface area contributed by atoms with Gasteiger partial charge in [0.15, 0.2) is 0 Å². The van der Waals surface area contributed by atoms with Crippen LogP contribution in [0.4, 0.5) is 0 Å². The molecule has 0 amide bonds. The van der Waals surface area contributed by atoms with Crippen LogP contribution in [-0.2, 0) is 11.2 Å².